The molecule has 1 unspecified atom stereocenters. The third-order valence-electron chi connectivity index (χ3n) is 1.38. The van der Waals surface area contributed by atoms with Gasteiger partial charge in [0, 0.05) is 6.54 Å². The Hall–Kier alpha value is -0.680. The summed E-state index contributed by atoms with van der Waals surface area (Å²) in [7, 11) is 0. The average Bonchev–Trinajstić information content (AvgIpc) is 1.97. The molecule has 0 spiro atoms. The number of nitrogens with two attached hydrogens (primary N) is 1. The van der Waals surface area contributed by atoms with Crippen LogP contribution in [0.1, 0.15) is 19.8 Å². The summed E-state index contributed by atoms with van der Waals surface area (Å²) in [4.78, 5) is 11.0. The molecule has 0 aromatic heterocycles. The van der Waals surface area contributed by atoms with Gasteiger partial charge in [0.1, 0.15) is 6.04 Å². The summed E-state index contributed by atoms with van der Waals surface area (Å²) in [5.41, 5.74) is 5.27. The van der Waals surface area contributed by atoms with Gasteiger partial charge in [-0.2, -0.15) is 0 Å². The number of aliphatic carboxylic acids is 1. The number of carboxylic acids is 1. The van der Waals surface area contributed by atoms with Crippen LogP contribution in [-0.4, -0.2) is 28.7 Å². The van der Waals surface area contributed by atoms with Crippen LogP contribution in [0.2, 0.25) is 0 Å². The lowest BCUT2D eigenvalue weighted by atomic mass is 10.2. The topological polar surface area (TPSA) is 75.3 Å². The molecule has 0 aliphatic rings. The molecule has 0 radical (unpaired) electrons. The molecule has 0 bridgehead atoms. The molecule has 4 nitrogen and oxygen atoms in total. The first-order valence-corrected chi connectivity index (χ1v) is 4.17. The highest BCUT2D eigenvalue weighted by molar-refractivity contribution is 7.80. The molecule has 0 aliphatic carbocycles. The van der Waals surface area contributed by atoms with Crippen molar-refractivity contribution in [2.24, 2.45) is 5.73 Å². The van der Waals surface area contributed by atoms with E-state index in [-0.39, 0.29) is 0 Å². The number of carboxylic acid groups (broad SMARTS) is 1. The second kappa shape index (κ2) is 5.91. The van der Waals surface area contributed by atoms with Crippen molar-refractivity contribution in [3.05, 3.63) is 0 Å². The first kappa shape index (κ1) is 11.3. The van der Waals surface area contributed by atoms with Crippen LogP contribution in [0.25, 0.3) is 0 Å². The molecule has 0 amide bonds. The molecule has 0 rings (SSSR count). The lowest BCUT2D eigenvalue weighted by Gasteiger charge is -2.06. The third kappa shape index (κ3) is 6.06. The van der Waals surface area contributed by atoms with Gasteiger partial charge in [-0.25, -0.2) is 0 Å². The van der Waals surface area contributed by atoms with E-state index in [2.05, 4.69) is 5.32 Å². The van der Waals surface area contributed by atoms with Crippen LogP contribution in [0.5, 0.6) is 0 Å². The minimum Gasteiger partial charge on any atom is -0.480 e. The van der Waals surface area contributed by atoms with Crippen molar-refractivity contribution >= 4 is 23.2 Å². The van der Waals surface area contributed by atoms with Crippen molar-refractivity contribution in [1.29, 1.82) is 0 Å². The van der Waals surface area contributed by atoms with Gasteiger partial charge < -0.3 is 16.2 Å². The summed E-state index contributed by atoms with van der Waals surface area (Å²) in [6.45, 7) is 2.47. The molecule has 0 aromatic carbocycles. The van der Waals surface area contributed by atoms with E-state index in [1.165, 1.54) is 0 Å². The van der Waals surface area contributed by atoms with Gasteiger partial charge in [-0.15, -0.1) is 0 Å². The Morgan fingerprint density at radius 1 is 1.75 bits per heavy atom. The molecule has 0 saturated carbocycles. The monoisotopic (exact) mass is 190 g/mol. The van der Waals surface area contributed by atoms with E-state index in [0.29, 0.717) is 13.0 Å². The zero-order valence-corrected chi connectivity index (χ0v) is 7.86. The molecule has 5 heteroatoms. The van der Waals surface area contributed by atoms with Gasteiger partial charge in [0.25, 0.3) is 0 Å². The number of thiocarbonyl (C=S) groups is 1. The predicted octanol–water partition coefficient (Wildman–Crippen LogP) is 0.115. The highest BCUT2D eigenvalue weighted by Gasteiger charge is 2.09. The summed E-state index contributed by atoms with van der Waals surface area (Å²) in [5, 5.41) is 11.3. The fourth-order valence-electron chi connectivity index (χ4n) is 0.710. The molecule has 0 heterocycles. The van der Waals surface area contributed by atoms with Crippen LogP contribution in [0.15, 0.2) is 0 Å². The maximum absolute atomic E-state index is 10.3. The van der Waals surface area contributed by atoms with E-state index < -0.39 is 12.0 Å². The van der Waals surface area contributed by atoms with E-state index >= 15 is 0 Å². The lowest BCUT2D eigenvalue weighted by molar-refractivity contribution is -0.138. The van der Waals surface area contributed by atoms with Gasteiger partial charge in [-0.05, 0) is 19.8 Å². The number of nitrogens with one attached hydrogen (secondary N) is 1. The molecule has 12 heavy (non-hydrogen) atoms. The molecule has 0 aliphatic heterocycles. The van der Waals surface area contributed by atoms with Crippen molar-refractivity contribution in [2.75, 3.05) is 6.54 Å². The van der Waals surface area contributed by atoms with E-state index in [9.17, 15) is 4.79 Å². The fraction of sp³-hybridized carbons (Fsp3) is 0.714. The zero-order chi connectivity index (χ0) is 9.56. The smallest absolute Gasteiger partial charge is 0.320 e. The Morgan fingerprint density at radius 2 is 2.33 bits per heavy atom. The number of hydrogen-bond donors (Lipinski definition) is 3. The first-order valence-electron chi connectivity index (χ1n) is 3.77. The maximum atomic E-state index is 10.3. The Labute approximate surface area is 77.1 Å². The summed E-state index contributed by atoms with van der Waals surface area (Å²) in [5.74, 6) is -0.950. The van der Waals surface area contributed by atoms with Crippen LogP contribution in [0.3, 0.4) is 0 Å². The van der Waals surface area contributed by atoms with Crippen LogP contribution in [0, 0.1) is 0 Å². The standard InChI is InChI=1S/C7H14N2O2S/c1-5(12)9-4-2-3-6(8)7(10)11/h6H,2-4,8H2,1H3,(H,9,12)(H,10,11). The Kier molecular flexibility index (Phi) is 5.57. The van der Waals surface area contributed by atoms with Crippen molar-refractivity contribution in [3.63, 3.8) is 0 Å². The highest BCUT2D eigenvalue weighted by atomic mass is 32.1. The highest BCUT2D eigenvalue weighted by Crippen LogP contribution is 1.92. The lowest BCUT2D eigenvalue weighted by Crippen LogP contribution is -2.31. The summed E-state index contributed by atoms with van der Waals surface area (Å²) < 4.78 is 0. The second-order valence-corrected chi connectivity index (χ2v) is 3.18. The fourth-order valence-corrected chi connectivity index (χ4v) is 0.812. The van der Waals surface area contributed by atoms with Crippen LogP contribution in [-0.2, 0) is 4.79 Å². The van der Waals surface area contributed by atoms with Gasteiger partial charge in [0.2, 0.25) is 0 Å². The molecule has 0 saturated heterocycles. The number of hydrogen-bond acceptors (Lipinski definition) is 3. The molecule has 0 fully saturated rings. The molecule has 1 atom stereocenters. The quantitative estimate of drug-likeness (QED) is 0.424. The van der Waals surface area contributed by atoms with E-state index in [1.54, 1.807) is 6.92 Å². The Morgan fingerprint density at radius 3 is 2.75 bits per heavy atom. The van der Waals surface area contributed by atoms with E-state index in [4.69, 9.17) is 23.1 Å². The van der Waals surface area contributed by atoms with Gasteiger partial charge >= 0.3 is 5.97 Å². The molecular weight excluding hydrogens is 176 g/mol. The molecular formula is C7H14N2O2S. The molecule has 0 aromatic rings. The average molecular weight is 190 g/mol. The van der Waals surface area contributed by atoms with Gasteiger partial charge in [-0.3, -0.25) is 4.79 Å². The molecule has 70 valence electrons. The maximum Gasteiger partial charge on any atom is 0.320 e. The van der Waals surface area contributed by atoms with Crippen molar-refractivity contribution in [2.45, 2.75) is 25.8 Å². The minimum absolute atomic E-state index is 0.477. The third-order valence-corrected chi connectivity index (χ3v) is 1.53. The van der Waals surface area contributed by atoms with Gasteiger partial charge in [-0.1, -0.05) is 12.2 Å². The normalized spacial score (nSPS) is 12.2. The van der Waals surface area contributed by atoms with Gasteiger partial charge in [0.15, 0.2) is 0 Å². The Balaban J connectivity index is 3.31. The predicted molar refractivity (Wildman–Crippen MR) is 51.1 cm³/mol. The van der Waals surface area contributed by atoms with Crippen molar-refractivity contribution < 1.29 is 9.90 Å². The van der Waals surface area contributed by atoms with Gasteiger partial charge in [0.05, 0.1) is 4.99 Å². The number of rotatable bonds is 5. The van der Waals surface area contributed by atoms with Crippen molar-refractivity contribution in [1.82, 2.24) is 5.32 Å². The van der Waals surface area contributed by atoms with Crippen molar-refractivity contribution in [3.8, 4) is 0 Å². The van der Waals surface area contributed by atoms with Crippen LogP contribution in [0.4, 0.5) is 0 Å². The largest absolute Gasteiger partial charge is 0.480 e. The summed E-state index contributed by atoms with van der Waals surface area (Å²) in [6, 6.07) is -0.753. The zero-order valence-electron chi connectivity index (χ0n) is 7.04. The molecule has 4 N–H and O–H groups in total. The van der Waals surface area contributed by atoms with Crippen LogP contribution < -0.4 is 11.1 Å². The summed E-state index contributed by atoms with van der Waals surface area (Å²) >= 11 is 4.77. The van der Waals surface area contributed by atoms with E-state index in [0.717, 1.165) is 11.4 Å². The SMILES string of the molecule is CC(=S)NCCCC(N)C(=O)O. The first-order chi connectivity index (χ1) is 5.54. The van der Waals surface area contributed by atoms with E-state index in [1.807, 2.05) is 0 Å². The Bertz CT molecular complexity index is 173. The minimum atomic E-state index is -0.950. The summed E-state index contributed by atoms with van der Waals surface area (Å²) in [6.07, 6.45) is 1.20. The second-order valence-electron chi connectivity index (χ2n) is 2.57. The van der Waals surface area contributed by atoms with Crippen LogP contribution >= 0.6 is 12.2 Å². The number of carbonyl (C=O) groups is 1.